The molecule has 0 aromatic heterocycles. The highest BCUT2D eigenvalue weighted by Gasteiger charge is 2.60. The van der Waals surface area contributed by atoms with E-state index in [1.165, 1.54) is 44.9 Å². The van der Waals surface area contributed by atoms with Crippen molar-refractivity contribution >= 4 is 9.84 Å². The summed E-state index contributed by atoms with van der Waals surface area (Å²) in [6, 6.07) is 9.02. The smallest absolute Gasteiger partial charge is 0.178 e. The van der Waals surface area contributed by atoms with Crippen LogP contribution in [0.3, 0.4) is 0 Å². The molecule has 3 nitrogen and oxygen atoms in total. The Kier molecular flexibility index (Phi) is 5.81. The zero-order valence-electron chi connectivity index (χ0n) is 20.2. The zero-order valence-corrected chi connectivity index (χ0v) is 21.0. The van der Waals surface area contributed by atoms with Gasteiger partial charge >= 0.3 is 0 Å². The molecule has 1 aromatic carbocycles. The fourth-order valence-electron chi connectivity index (χ4n) is 9.40. The Morgan fingerprint density at radius 2 is 1.62 bits per heavy atom. The van der Waals surface area contributed by atoms with E-state index >= 15 is 0 Å². The van der Waals surface area contributed by atoms with Crippen molar-refractivity contribution in [1.82, 2.24) is 0 Å². The van der Waals surface area contributed by atoms with Gasteiger partial charge in [0.2, 0.25) is 0 Å². The van der Waals surface area contributed by atoms with E-state index in [1.54, 1.807) is 12.1 Å². The first-order valence-corrected chi connectivity index (χ1v) is 14.8. The van der Waals surface area contributed by atoms with E-state index in [1.807, 2.05) is 18.2 Å². The summed E-state index contributed by atoms with van der Waals surface area (Å²) < 4.78 is 26.2. The molecule has 5 rings (SSSR count). The molecule has 0 saturated heterocycles. The Labute approximate surface area is 195 Å². The third-order valence-corrected chi connectivity index (χ3v) is 12.9. The third kappa shape index (κ3) is 3.59. The largest absolute Gasteiger partial charge is 0.393 e. The van der Waals surface area contributed by atoms with Gasteiger partial charge in [0.1, 0.15) is 0 Å². The fraction of sp³-hybridized carbons (Fsp3) is 0.786. The Morgan fingerprint density at radius 3 is 2.38 bits per heavy atom. The monoisotopic (exact) mass is 458 g/mol. The summed E-state index contributed by atoms with van der Waals surface area (Å²) in [6.45, 7) is 7.26. The molecule has 1 aromatic rings. The number of aliphatic hydroxyl groups is 1. The molecule has 9 atom stereocenters. The second-order valence-corrected chi connectivity index (χ2v) is 14.4. The lowest BCUT2D eigenvalue weighted by Crippen LogP contribution is -2.54. The molecule has 4 aliphatic carbocycles. The summed E-state index contributed by atoms with van der Waals surface area (Å²) in [5, 5.41) is 10.3. The summed E-state index contributed by atoms with van der Waals surface area (Å²) in [6.07, 6.45) is 10.7. The van der Waals surface area contributed by atoms with Crippen molar-refractivity contribution in [2.45, 2.75) is 89.6 Å². The summed E-state index contributed by atoms with van der Waals surface area (Å²) in [7, 11) is -3.24. The van der Waals surface area contributed by atoms with Gasteiger partial charge in [0.15, 0.2) is 9.84 Å². The normalized spacial score (nSPS) is 44.9. The highest BCUT2D eigenvalue weighted by Crippen LogP contribution is 2.68. The lowest BCUT2D eigenvalue weighted by molar-refractivity contribution is -0.128. The Hall–Kier alpha value is -0.870. The predicted octanol–water partition coefficient (Wildman–Crippen LogP) is 6.12. The van der Waals surface area contributed by atoms with Gasteiger partial charge in [0.25, 0.3) is 0 Å². The molecule has 2 unspecified atom stereocenters. The zero-order chi connectivity index (χ0) is 22.7. The molecule has 4 aliphatic rings. The van der Waals surface area contributed by atoms with Gasteiger partial charge in [-0.25, -0.2) is 8.42 Å². The Morgan fingerprint density at radius 1 is 0.938 bits per heavy atom. The number of aliphatic hydroxyl groups excluding tert-OH is 1. The van der Waals surface area contributed by atoms with Crippen LogP contribution in [0.2, 0.25) is 0 Å². The molecule has 1 N–H and O–H groups in total. The molecule has 0 amide bonds. The summed E-state index contributed by atoms with van der Waals surface area (Å²) in [5.41, 5.74) is 0.688. The van der Waals surface area contributed by atoms with Crippen LogP contribution >= 0.6 is 0 Å². The first-order valence-electron chi connectivity index (χ1n) is 13.1. The van der Waals surface area contributed by atoms with E-state index in [9.17, 15) is 13.5 Å². The molecule has 0 aliphatic heterocycles. The first-order chi connectivity index (χ1) is 15.1. The number of hydrogen-bond acceptors (Lipinski definition) is 3. The SMILES string of the molecule is C[C@H](CS(=O)(=O)c1ccccc1)[C@H]1CCC2[C@@H]3CC[C@H]4C[C@@H](O)CC[C@]4(C)C3CC[C@@]21C. The predicted molar refractivity (Wildman–Crippen MR) is 129 cm³/mol. The number of rotatable bonds is 4. The minimum absolute atomic E-state index is 0.0817. The molecule has 4 heteroatoms. The van der Waals surface area contributed by atoms with Gasteiger partial charge in [-0.15, -0.1) is 0 Å². The number of benzene rings is 1. The highest BCUT2D eigenvalue weighted by atomic mass is 32.2. The second-order valence-electron chi connectivity index (χ2n) is 12.4. The van der Waals surface area contributed by atoms with E-state index in [0.717, 1.165) is 30.6 Å². The van der Waals surface area contributed by atoms with Gasteiger partial charge < -0.3 is 5.11 Å². The van der Waals surface area contributed by atoms with Crippen LogP contribution in [0.15, 0.2) is 35.2 Å². The molecule has 0 spiro atoms. The van der Waals surface area contributed by atoms with Crippen LogP contribution < -0.4 is 0 Å². The van der Waals surface area contributed by atoms with Crippen molar-refractivity contribution in [3.05, 3.63) is 30.3 Å². The van der Waals surface area contributed by atoms with Crippen molar-refractivity contribution in [2.75, 3.05) is 5.75 Å². The van der Waals surface area contributed by atoms with Crippen molar-refractivity contribution in [1.29, 1.82) is 0 Å². The molecule has 0 bridgehead atoms. The average molecular weight is 459 g/mol. The minimum Gasteiger partial charge on any atom is -0.393 e. The molecule has 4 saturated carbocycles. The average Bonchev–Trinajstić information content (AvgIpc) is 3.12. The lowest BCUT2D eigenvalue weighted by Gasteiger charge is -2.61. The van der Waals surface area contributed by atoms with Crippen LogP contribution in [-0.4, -0.2) is 25.4 Å². The van der Waals surface area contributed by atoms with Gasteiger partial charge in [-0.1, -0.05) is 39.0 Å². The third-order valence-electron chi connectivity index (χ3n) is 11.0. The van der Waals surface area contributed by atoms with E-state index in [-0.39, 0.29) is 23.2 Å². The van der Waals surface area contributed by atoms with Gasteiger partial charge in [-0.2, -0.15) is 0 Å². The van der Waals surface area contributed by atoms with E-state index in [2.05, 4.69) is 20.8 Å². The van der Waals surface area contributed by atoms with Crippen LogP contribution in [0.4, 0.5) is 0 Å². The standard InChI is InChI=1S/C28H42O3S/c1-19(18-32(30,31)22-7-5-4-6-8-22)24-11-12-25-23-10-9-20-17-21(29)13-15-27(20,2)26(23)14-16-28(24,25)3/h4-8,19-21,23-26,29H,9-18H2,1-3H3/t19-,20+,21+,23+,24-,25?,26?,27+,28-/m1/s1. The lowest BCUT2D eigenvalue weighted by atomic mass is 9.44. The minimum atomic E-state index is -3.24. The van der Waals surface area contributed by atoms with E-state index in [4.69, 9.17) is 0 Å². The number of fused-ring (bicyclic) bond motifs is 5. The molecule has 178 valence electrons. The van der Waals surface area contributed by atoms with Crippen LogP contribution in [0, 0.1) is 46.3 Å². The quantitative estimate of drug-likeness (QED) is 0.592. The Bertz CT molecular complexity index is 927. The molecule has 32 heavy (non-hydrogen) atoms. The van der Waals surface area contributed by atoms with Crippen molar-refractivity contribution in [2.24, 2.45) is 46.3 Å². The fourth-order valence-corrected chi connectivity index (χ4v) is 11.1. The van der Waals surface area contributed by atoms with Gasteiger partial charge in [0, 0.05) is 0 Å². The molecular formula is C28H42O3S. The van der Waals surface area contributed by atoms with Gasteiger partial charge in [0.05, 0.1) is 16.8 Å². The van der Waals surface area contributed by atoms with Crippen LogP contribution in [0.1, 0.15) is 78.6 Å². The van der Waals surface area contributed by atoms with Crippen LogP contribution in [-0.2, 0) is 9.84 Å². The van der Waals surface area contributed by atoms with Crippen molar-refractivity contribution in [3.63, 3.8) is 0 Å². The van der Waals surface area contributed by atoms with Crippen LogP contribution in [0.5, 0.6) is 0 Å². The van der Waals surface area contributed by atoms with Crippen LogP contribution in [0.25, 0.3) is 0 Å². The summed E-state index contributed by atoms with van der Waals surface area (Å²) >= 11 is 0. The molecular weight excluding hydrogens is 416 g/mol. The van der Waals surface area contributed by atoms with Crippen molar-refractivity contribution in [3.8, 4) is 0 Å². The van der Waals surface area contributed by atoms with Gasteiger partial charge in [-0.3, -0.25) is 0 Å². The first kappa shape index (κ1) is 22.9. The Balaban J connectivity index is 1.34. The second kappa shape index (κ2) is 8.12. The molecule has 0 radical (unpaired) electrons. The molecule has 0 heterocycles. The summed E-state index contributed by atoms with van der Waals surface area (Å²) in [4.78, 5) is 0.473. The maximum absolute atomic E-state index is 13.1. The number of hydrogen-bond donors (Lipinski definition) is 1. The maximum atomic E-state index is 13.1. The van der Waals surface area contributed by atoms with Gasteiger partial charge in [-0.05, 0) is 116 Å². The topological polar surface area (TPSA) is 54.4 Å². The van der Waals surface area contributed by atoms with E-state index in [0.29, 0.717) is 22.1 Å². The van der Waals surface area contributed by atoms with E-state index < -0.39 is 9.84 Å². The maximum Gasteiger partial charge on any atom is 0.178 e. The summed E-state index contributed by atoms with van der Waals surface area (Å²) in [5.74, 6) is 4.02. The molecule has 4 fully saturated rings. The highest BCUT2D eigenvalue weighted by molar-refractivity contribution is 7.91. The van der Waals surface area contributed by atoms with Crippen molar-refractivity contribution < 1.29 is 13.5 Å². The number of sulfone groups is 1.